The fourth-order valence-corrected chi connectivity index (χ4v) is 3.69. The van der Waals surface area contributed by atoms with E-state index in [2.05, 4.69) is 42.9 Å². The third kappa shape index (κ3) is 3.28. The number of nitrogens with one attached hydrogen (secondary N) is 2. The second-order valence-electron chi connectivity index (χ2n) is 7.46. The highest BCUT2D eigenvalue weighted by Crippen LogP contribution is 2.25. The number of pyridine rings is 1. The Bertz CT molecular complexity index is 1540. The van der Waals surface area contributed by atoms with Crippen LogP contribution < -0.4 is 10.6 Å². The number of H-pyrrole nitrogens is 2. The predicted octanol–water partition coefficient (Wildman–Crippen LogP) is 2.47. The maximum atomic E-state index is 4.59. The number of aryl methyl sites for hydroxylation is 2. The standard InChI is InChI=1S/C23H22N8/c1-5-19-17(8-14(2)16-10-26-30(4)12-16)22(29-28-19)21-9-18-20(27-21)6-7-24-23(18)31-11-15(3)25-13-31/h5-13,27-28H,2H2,1,3-4H3/b17-8+,19-5+. The normalized spacial score (nSPS) is 12.9. The van der Waals surface area contributed by atoms with Crippen LogP contribution in [0.25, 0.3) is 45.8 Å². The molecule has 8 heteroatoms. The van der Waals surface area contributed by atoms with Crippen molar-refractivity contribution in [1.82, 2.24) is 39.5 Å². The summed E-state index contributed by atoms with van der Waals surface area (Å²) in [6, 6.07) is 4.04. The maximum absolute atomic E-state index is 4.59. The van der Waals surface area contributed by atoms with Gasteiger partial charge in [0.05, 0.1) is 28.5 Å². The first kappa shape index (κ1) is 18.8. The molecule has 0 bridgehead atoms. The lowest BCUT2D eigenvalue weighted by Gasteiger charge is -2.01. The van der Waals surface area contributed by atoms with E-state index < -0.39 is 0 Å². The molecule has 0 aliphatic carbocycles. The summed E-state index contributed by atoms with van der Waals surface area (Å²) in [4.78, 5) is 12.4. The van der Waals surface area contributed by atoms with Gasteiger partial charge in [-0.05, 0) is 37.6 Å². The number of allylic oxidation sites excluding steroid dienone is 1. The number of aromatic amines is 2. The molecule has 0 saturated carbocycles. The van der Waals surface area contributed by atoms with Gasteiger partial charge in [-0.2, -0.15) is 10.2 Å². The third-order valence-electron chi connectivity index (χ3n) is 5.25. The van der Waals surface area contributed by atoms with Crippen LogP contribution in [0.4, 0.5) is 0 Å². The van der Waals surface area contributed by atoms with Crippen LogP contribution in [-0.4, -0.2) is 39.5 Å². The third-order valence-corrected chi connectivity index (χ3v) is 5.25. The Hall–Kier alpha value is -4.20. The van der Waals surface area contributed by atoms with Gasteiger partial charge >= 0.3 is 0 Å². The minimum atomic E-state index is 0.821. The van der Waals surface area contributed by atoms with Crippen molar-refractivity contribution in [1.29, 1.82) is 0 Å². The molecule has 5 rings (SSSR count). The highest BCUT2D eigenvalue weighted by atomic mass is 15.2. The van der Waals surface area contributed by atoms with Gasteiger partial charge in [0.25, 0.3) is 0 Å². The zero-order valence-electron chi connectivity index (χ0n) is 17.6. The molecule has 0 aromatic carbocycles. The van der Waals surface area contributed by atoms with E-state index in [1.54, 1.807) is 17.2 Å². The van der Waals surface area contributed by atoms with E-state index >= 15 is 0 Å². The van der Waals surface area contributed by atoms with Gasteiger partial charge in [0, 0.05) is 41.8 Å². The topological polar surface area (TPSA) is 93.0 Å². The predicted molar refractivity (Wildman–Crippen MR) is 122 cm³/mol. The quantitative estimate of drug-likeness (QED) is 0.476. The van der Waals surface area contributed by atoms with Crippen molar-refractivity contribution in [3.8, 4) is 17.2 Å². The second-order valence-corrected chi connectivity index (χ2v) is 7.46. The number of nitrogens with zero attached hydrogens (tertiary/aromatic N) is 6. The molecule has 0 fully saturated rings. The first-order valence-electron chi connectivity index (χ1n) is 9.93. The lowest BCUT2D eigenvalue weighted by atomic mass is 10.1. The first-order chi connectivity index (χ1) is 15.0. The van der Waals surface area contributed by atoms with Crippen LogP contribution >= 0.6 is 0 Å². The number of rotatable bonds is 4. The number of fused-ring (bicyclic) bond motifs is 1. The van der Waals surface area contributed by atoms with Gasteiger partial charge in [-0.3, -0.25) is 14.3 Å². The van der Waals surface area contributed by atoms with Gasteiger partial charge in [-0.1, -0.05) is 12.7 Å². The largest absolute Gasteiger partial charge is 0.353 e. The van der Waals surface area contributed by atoms with Crippen LogP contribution in [0.1, 0.15) is 18.2 Å². The fourth-order valence-electron chi connectivity index (χ4n) is 3.69. The molecule has 5 aromatic rings. The van der Waals surface area contributed by atoms with Crippen LogP contribution in [0.2, 0.25) is 0 Å². The molecule has 0 saturated heterocycles. The molecule has 0 amide bonds. The van der Waals surface area contributed by atoms with E-state index in [0.717, 1.165) is 55.5 Å². The van der Waals surface area contributed by atoms with E-state index in [0.29, 0.717) is 0 Å². The van der Waals surface area contributed by atoms with E-state index in [1.165, 1.54) is 0 Å². The van der Waals surface area contributed by atoms with Crippen LogP contribution in [0.5, 0.6) is 0 Å². The average Bonchev–Trinajstić information content (AvgIpc) is 3.53. The van der Waals surface area contributed by atoms with E-state index in [4.69, 9.17) is 0 Å². The molecule has 2 N–H and O–H groups in total. The zero-order chi connectivity index (χ0) is 21.5. The Morgan fingerprint density at radius 3 is 2.81 bits per heavy atom. The summed E-state index contributed by atoms with van der Waals surface area (Å²) in [5, 5.41) is 14.9. The Morgan fingerprint density at radius 1 is 1.23 bits per heavy atom. The van der Waals surface area contributed by atoms with Crippen molar-refractivity contribution in [3.63, 3.8) is 0 Å². The van der Waals surface area contributed by atoms with Gasteiger partial charge in [0.15, 0.2) is 0 Å². The van der Waals surface area contributed by atoms with Gasteiger partial charge in [0.1, 0.15) is 17.8 Å². The molecule has 5 heterocycles. The summed E-state index contributed by atoms with van der Waals surface area (Å²) < 4.78 is 3.70. The summed E-state index contributed by atoms with van der Waals surface area (Å²) in [6.07, 6.45) is 13.3. The van der Waals surface area contributed by atoms with Gasteiger partial charge in [-0.15, -0.1) is 0 Å². The van der Waals surface area contributed by atoms with Crippen LogP contribution in [-0.2, 0) is 7.05 Å². The average molecular weight is 410 g/mol. The van der Waals surface area contributed by atoms with Crippen molar-refractivity contribution in [2.24, 2.45) is 7.05 Å². The summed E-state index contributed by atoms with van der Waals surface area (Å²) >= 11 is 0. The Labute approximate surface area is 178 Å². The fraction of sp³-hybridized carbons (Fsp3) is 0.130. The highest BCUT2D eigenvalue weighted by Gasteiger charge is 2.13. The van der Waals surface area contributed by atoms with E-state index in [1.807, 2.05) is 62.3 Å². The minimum Gasteiger partial charge on any atom is -0.353 e. The second kappa shape index (κ2) is 7.24. The summed E-state index contributed by atoms with van der Waals surface area (Å²) in [5.74, 6) is 0.823. The lowest BCUT2D eigenvalue weighted by molar-refractivity contribution is 0.767. The molecule has 5 aromatic heterocycles. The minimum absolute atomic E-state index is 0.821. The highest BCUT2D eigenvalue weighted by molar-refractivity contribution is 5.92. The Balaban J connectivity index is 1.67. The molecule has 8 nitrogen and oxygen atoms in total. The van der Waals surface area contributed by atoms with Crippen molar-refractivity contribution in [3.05, 3.63) is 71.7 Å². The van der Waals surface area contributed by atoms with Crippen LogP contribution in [0.15, 0.2) is 49.8 Å². The van der Waals surface area contributed by atoms with Gasteiger partial charge in [-0.25, -0.2) is 9.97 Å². The SMILES string of the molecule is C=C(/C=c1/c(-c2cc3c(-n4cnc(C)c4)nccc3[nH]2)n[nH]/c1=C/C)c1cnn(C)c1. The van der Waals surface area contributed by atoms with Gasteiger partial charge in [0.2, 0.25) is 0 Å². The lowest BCUT2D eigenvalue weighted by Crippen LogP contribution is -2.23. The first-order valence-corrected chi connectivity index (χ1v) is 9.93. The van der Waals surface area contributed by atoms with Crippen molar-refractivity contribution >= 4 is 28.6 Å². The maximum Gasteiger partial charge on any atom is 0.147 e. The molecule has 0 aliphatic rings. The zero-order valence-corrected chi connectivity index (χ0v) is 17.6. The molecular weight excluding hydrogens is 388 g/mol. The number of hydrogen-bond acceptors (Lipinski definition) is 4. The van der Waals surface area contributed by atoms with Crippen LogP contribution in [0.3, 0.4) is 0 Å². The number of imidazole rings is 1. The molecular formula is C23H22N8. The number of aromatic nitrogens is 8. The monoisotopic (exact) mass is 410 g/mol. The molecule has 0 spiro atoms. The molecule has 31 heavy (non-hydrogen) atoms. The smallest absolute Gasteiger partial charge is 0.147 e. The summed E-state index contributed by atoms with van der Waals surface area (Å²) in [7, 11) is 1.89. The summed E-state index contributed by atoms with van der Waals surface area (Å²) in [5.41, 5.74) is 5.48. The molecule has 0 aliphatic heterocycles. The number of hydrogen-bond donors (Lipinski definition) is 2. The Morgan fingerprint density at radius 2 is 2.10 bits per heavy atom. The Kier molecular flexibility index (Phi) is 4.39. The van der Waals surface area contributed by atoms with E-state index in [9.17, 15) is 0 Å². The van der Waals surface area contributed by atoms with Crippen molar-refractivity contribution in [2.75, 3.05) is 0 Å². The van der Waals surface area contributed by atoms with Crippen molar-refractivity contribution < 1.29 is 0 Å². The van der Waals surface area contributed by atoms with Gasteiger partial charge < -0.3 is 4.98 Å². The molecule has 0 atom stereocenters. The molecule has 0 radical (unpaired) electrons. The van der Waals surface area contributed by atoms with Crippen molar-refractivity contribution in [2.45, 2.75) is 13.8 Å². The summed E-state index contributed by atoms with van der Waals surface area (Å²) in [6.45, 7) is 8.17. The molecule has 0 unspecified atom stereocenters. The van der Waals surface area contributed by atoms with E-state index in [-0.39, 0.29) is 0 Å². The molecule has 154 valence electrons. The van der Waals surface area contributed by atoms with Crippen LogP contribution in [0, 0.1) is 6.92 Å².